The number of carboxylic acids is 1. The van der Waals surface area contributed by atoms with E-state index in [1.807, 2.05) is 0 Å². The fraction of sp³-hybridized carbons (Fsp3) is 0.500. The maximum atomic E-state index is 11.4. The highest BCUT2D eigenvalue weighted by molar-refractivity contribution is 5.76. The normalized spacial score (nSPS) is 13.7. The maximum Gasteiger partial charge on any atom is 0.334 e. The summed E-state index contributed by atoms with van der Waals surface area (Å²) in [5, 5.41) is 26.2. The van der Waals surface area contributed by atoms with Crippen molar-refractivity contribution in [1.82, 2.24) is 20.4 Å². The Balaban J connectivity index is 2.25. The molecule has 0 saturated carbocycles. The number of rotatable bonds is 6. The summed E-state index contributed by atoms with van der Waals surface area (Å²) < 4.78 is 1.66. The van der Waals surface area contributed by atoms with Gasteiger partial charge in [0.1, 0.15) is 0 Å². The van der Waals surface area contributed by atoms with Crippen LogP contribution in [-0.2, 0) is 11.3 Å². The number of amides is 2. The molecule has 0 aliphatic heterocycles. The summed E-state index contributed by atoms with van der Waals surface area (Å²) in [6.07, 6.45) is 1.80. The minimum atomic E-state index is -1.60. The number of aliphatic hydroxyl groups is 1. The second-order valence-corrected chi connectivity index (χ2v) is 3.84. The van der Waals surface area contributed by atoms with Crippen LogP contribution in [0.1, 0.15) is 6.92 Å². The molecule has 1 rings (SSSR count). The molecule has 2 atom stereocenters. The first-order chi connectivity index (χ1) is 8.49. The van der Waals surface area contributed by atoms with Crippen molar-refractivity contribution < 1.29 is 19.8 Å². The van der Waals surface area contributed by atoms with E-state index in [1.54, 1.807) is 30.1 Å². The van der Waals surface area contributed by atoms with Gasteiger partial charge in [0.2, 0.25) is 0 Å². The van der Waals surface area contributed by atoms with Gasteiger partial charge in [-0.2, -0.15) is 5.10 Å². The Morgan fingerprint density at radius 1 is 1.50 bits per heavy atom. The molecule has 100 valence electrons. The zero-order valence-electron chi connectivity index (χ0n) is 9.91. The summed E-state index contributed by atoms with van der Waals surface area (Å²) in [6, 6.07) is 1.07. The quantitative estimate of drug-likeness (QED) is 0.522. The summed E-state index contributed by atoms with van der Waals surface area (Å²) in [5.74, 6) is -1.38. The summed E-state index contributed by atoms with van der Waals surface area (Å²) in [7, 11) is 0. The number of carbonyl (C=O) groups is 2. The van der Waals surface area contributed by atoms with Crippen LogP contribution in [-0.4, -0.2) is 50.7 Å². The van der Waals surface area contributed by atoms with Crippen molar-refractivity contribution in [2.24, 2.45) is 0 Å². The number of nitrogens with one attached hydrogen (secondary N) is 2. The third-order valence-corrected chi connectivity index (χ3v) is 2.14. The number of aliphatic carboxylic acids is 1. The molecule has 18 heavy (non-hydrogen) atoms. The lowest BCUT2D eigenvalue weighted by molar-refractivity contribution is -0.146. The van der Waals surface area contributed by atoms with Crippen LogP contribution in [0.5, 0.6) is 0 Å². The Morgan fingerprint density at radius 2 is 2.22 bits per heavy atom. The van der Waals surface area contributed by atoms with Crippen LogP contribution < -0.4 is 10.6 Å². The Labute approximate surface area is 104 Å². The third kappa shape index (κ3) is 4.83. The van der Waals surface area contributed by atoms with Gasteiger partial charge in [-0.15, -0.1) is 0 Å². The zero-order chi connectivity index (χ0) is 13.5. The van der Waals surface area contributed by atoms with E-state index in [4.69, 9.17) is 10.2 Å². The highest BCUT2D eigenvalue weighted by Crippen LogP contribution is 1.90. The van der Waals surface area contributed by atoms with Gasteiger partial charge in [0.15, 0.2) is 6.10 Å². The minimum Gasteiger partial charge on any atom is -0.479 e. The molecule has 8 nitrogen and oxygen atoms in total. The van der Waals surface area contributed by atoms with Crippen molar-refractivity contribution in [2.75, 3.05) is 6.54 Å². The van der Waals surface area contributed by atoms with E-state index in [2.05, 4.69) is 15.7 Å². The Bertz CT molecular complexity index is 393. The monoisotopic (exact) mass is 256 g/mol. The van der Waals surface area contributed by atoms with Crippen molar-refractivity contribution in [3.8, 4) is 0 Å². The predicted octanol–water partition coefficient (Wildman–Crippen LogP) is -0.984. The fourth-order valence-electron chi connectivity index (χ4n) is 1.29. The lowest BCUT2D eigenvalue weighted by Crippen LogP contribution is -2.46. The standard InChI is InChI=1S/C10H16N4O4/c1-7(6-14-4-2-3-12-14)13-10(18)11-5-8(15)9(16)17/h2-4,7-8,15H,5-6H2,1H3,(H,16,17)(H2,11,13,18)/t7?,8-/m0/s1. The molecule has 1 aromatic rings. The van der Waals surface area contributed by atoms with Gasteiger partial charge in [-0.1, -0.05) is 0 Å². The van der Waals surface area contributed by atoms with Gasteiger partial charge in [-0.3, -0.25) is 4.68 Å². The molecule has 0 spiro atoms. The minimum absolute atomic E-state index is 0.174. The van der Waals surface area contributed by atoms with Crippen LogP contribution in [0.2, 0.25) is 0 Å². The molecular formula is C10H16N4O4. The molecule has 0 aliphatic carbocycles. The van der Waals surface area contributed by atoms with Crippen molar-refractivity contribution in [1.29, 1.82) is 0 Å². The highest BCUT2D eigenvalue weighted by Gasteiger charge is 2.14. The average molecular weight is 256 g/mol. The van der Waals surface area contributed by atoms with Gasteiger partial charge in [0, 0.05) is 18.4 Å². The number of carbonyl (C=O) groups excluding carboxylic acids is 1. The van der Waals surface area contributed by atoms with Crippen LogP contribution in [0.15, 0.2) is 18.5 Å². The molecule has 0 bridgehead atoms. The summed E-state index contributed by atoms with van der Waals surface area (Å²) in [5.41, 5.74) is 0. The third-order valence-electron chi connectivity index (χ3n) is 2.14. The second-order valence-electron chi connectivity index (χ2n) is 3.84. The Hall–Kier alpha value is -2.09. The number of hydrogen-bond acceptors (Lipinski definition) is 4. The van der Waals surface area contributed by atoms with E-state index < -0.39 is 18.1 Å². The predicted molar refractivity (Wildman–Crippen MR) is 61.9 cm³/mol. The van der Waals surface area contributed by atoms with E-state index in [-0.39, 0.29) is 12.6 Å². The molecule has 1 unspecified atom stereocenters. The molecule has 0 saturated heterocycles. The molecule has 0 aliphatic rings. The van der Waals surface area contributed by atoms with Crippen molar-refractivity contribution in [3.05, 3.63) is 18.5 Å². The molecule has 0 aromatic carbocycles. The summed E-state index contributed by atoms with van der Waals surface area (Å²) in [4.78, 5) is 21.7. The molecule has 8 heteroatoms. The van der Waals surface area contributed by atoms with Gasteiger partial charge in [-0.05, 0) is 13.0 Å². The lowest BCUT2D eigenvalue weighted by Gasteiger charge is -2.15. The van der Waals surface area contributed by atoms with Crippen LogP contribution in [0.25, 0.3) is 0 Å². The van der Waals surface area contributed by atoms with Crippen LogP contribution in [0.4, 0.5) is 4.79 Å². The van der Waals surface area contributed by atoms with Gasteiger partial charge < -0.3 is 20.8 Å². The average Bonchev–Trinajstić information content (AvgIpc) is 2.78. The summed E-state index contributed by atoms with van der Waals surface area (Å²) >= 11 is 0. The topological polar surface area (TPSA) is 116 Å². The van der Waals surface area contributed by atoms with E-state index in [9.17, 15) is 9.59 Å². The first kappa shape index (κ1) is 14.0. The van der Waals surface area contributed by atoms with Crippen molar-refractivity contribution in [2.45, 2.75) is 25.6 Å². The van der Waals surface area contributed by atoms with Crippen molar-refractivity contribution in [3.63, 3.8) is 0 Å². The molecule has 0 fully saturated rings. The number of urea groups is 1. The molecule has 1 aromatic heterocycles. The second kappa shape index (κ2) is 6.60. The fourth-order valence-corrected chi connectivity index (χ4v) is 1.29. The van der Waals surface area contributed by atoms with Crippen LogP contribution >= 0.6 is 0 Å². The number of aromatic nitrogens is 2. The maximum absolute atomic E-state index is 11.4. The van der Waals surface area contributed by atoms with Gasteiger partial charge in [-0.25, -0.2) is 9.59 Å². The molecule has 4 N–H and O–H groups in total. The Morgan fingerprint density at radius 3 is 2.78 bits per heavy atom. The van der Waals surface area contributed by atoms with Gasteiger partial charge in [0.25, 0.3) is 0 Å². The first-order valence-corrected chi connectivity index (χ1v) is 5.41. The SMILES string of the molecule is CC(Cn1cccn1)NC(=O)NC[C@H](O)C(=O)O. The highest BCUT2D eigenvalue weighted by atomic mass is 16.4. The van der Waals surface area contributed by atoms with E-state index in [1.165, 1.54) is 0 Å². The number of aliphatic hydroxyl groups excluding tert-OH is 1. The first-order valence-electron chi connectivity index (χ1n) is 5.41. The molecule has 1 heterocycles. The van der Waals surface area contributed by atoms with Crippen molar-refractivity contribution >= 4 is 12.0 Å². The smallest absolute Gasteiger partial charge is 0.334 e. The zero-order valence-corrected chi connectivity index (χ0v) is 9.91. The van der Waals surface area contributed by atoms with E-state index in [0.29, 0.717) is 6.54 Å². The molecule has 0 radical (unpaired) electrons. The van der Waals surface area contributed by atoms with Gasteiger partial charge >= 0.3 is 12.0 Å². The van der Waals surface area contributed by atoms with Crippen LogP contribution in [0.3, 0.4) is 0 Å². The lowest BCUT2D eigenvalue weighted by atomic mass is 10.3. The van der Waals surface area contributed by atoms with Gasteiger partial charge in [0.05, 0.1) is 13.1 Å². The molecular weight excluding hydrogens is 240 g/mol. The number of carboxylic acid groups (broad SMARTS) is 1. The largest absolute Gasteiger partial charge is 0.479 e. The summed E-state index contributed by atoms with van der Waals surface area (Å²) in [6.45, 7) is 1.95. The van der Waals surface area contributed by atoms with Crippen LogP contribution in [0, 0.1) is 0 Å². The number of nitrogens with zero attached hydrogens (tertiary/aromatic N) is 2. The van der Waals surface area contributed by atoms with E-state index >= 15 is 0 Å². The van der Waals surface area contributed by atoms with E-state index in [0.717, 1.165) is 0 Å². The molecule has 2 amide bonds. The Kier molecular flexibility index (Phi) is 5.12. The number of hydrogen-bond donors (Lipinski definition) is 4.